The third-order valence-electron chi connectivity index (χ3n) is 10.9. The van der Waals surface area contributed by atoms with E-state index < -0.39 is 11.8 Å². The highest BCUT2D eigenvalue weighted by Gasteiger charge is 2.13. The summed E-state index contributed by atoms with van der Waals surface area (Å²) in [5.74, 6) is -2.01. The first-order valence-electron chi connectivity index (χ1n) is 20.9. The maximum absolute atomic E-state index is 14.4. The number of rotatable bonds is 9. The molecule has 0 spiro atoms. The third-order valence-corrected chi connectivity index (χ3v) is 11.5. The van der Waals surface area contributed by atoms with Gasteiger partial charge in [-0.15, -0.1) is 0 Å². The van der Waals surface area contributed by atoms with Crippen LogP contribution in [0.1, 0.15) is 54.4 Å². The van der Waals surface area contributed by atoms with Gasteiger partial charge in [0.15, 0.2) is 0 Å². The molecule has 17 heteroatoms. The molecular weight excluding hydrogens is 922 g/mol. The third kappa shape index (κ3) is 11.2. The van der Waals surface area contributed by atoms with Gasteiger partial charge in [0.1, 0.15) is 11.6 Å². The van der Waals surface area contributed by atoms with E-state index in [4.69, 9.17) is 47.2 Å². The molecule has 6 aromatic heterocycles. The number of benzene rings is 4. The Hall–Kier alpha value is -8.60. The molecule has 6 N–H and O–H groups in total. The number of hydrogen-bond donors (Lipinski definition) is 5. The molecule has 4 aromatic carbocycles. The van der Waals surface area contributed by atoms with Crippen molar-refractivity contribution in [3.8, 4) is 0 Å². The molecule has 0 radical (unpaired) electrons. The Morgan fingerprint density at radius 3 is 1.65 bits per heavy atom. The predicted octanol–water partition coefficient (Wildman–Crippen LogP) is 11.9. The number of halogens is 4. The van der Waals surface area contributed by atoms with E-state index in [-0.39, 0.29) is 30.4 Å². The lowest BCUT2D eigenvalue weighted by Gasteiger charge is -2.09. The van der Waals surface area contributed by atoms with E-state index in [0.29, 0.717) is 78.8 Å². The monoisotopic (exact) mass is 956 g/mol. The lowest BCUT2D eigenvalue weighted by Crippen LogP contribution is -2.23. The number of nitrogens with one attached hydrogen (secondary N) is 3. The fourth-order valence-electron chi connectivity index (χ4n) is 7.40. The van der Waals surface area contributed by atoms with Crippen molar-refractivity contribution in [3.05, 3.63) is 224 Å². The molecule has 13 nitrogen and oxygen atoms in total. The van der Waals surface area contributed by atoms with Gasteiger partial charge in [0, 0.05) is 113 Å². The van der Waals surface area contributed by atoms with Gasteiger partial charge in [-0.3, -0.25) is 24.7 Å². The van der Waals surface area contributed by atoms with E-state index in [0.717, 1.165) is 38.3 Å². The van der Waals surface area contributed by atoms with Crippen LogP contribution in [0.3, 0.4) is 0 Å². The van der Waals surface area contributed by atoms with Crippen LogP contribution in [-0.2, 0) is 25.9 Å². The van der Waals surface area contributed by atoms with Crippen molar-refractivity contribution in [1.29, 1.82) is 0 Å². The van der Waals surface area contributed by atoms with Crippen molar-refractivity contribution in [2.24, 2.45) is 5.73 Å². The molecule has 10 aromatic rings. The highest BCUT2D eigenvalue weighted by molar-refractivity contribution is 6.36. The second kappa shape index (κ2) is 20.9. The lowest BCUT2D eigenvalue weighted by molar-refractivity contribution is 0.0696. The summed E-state index contributed by atoms with van der Waals surface area (Å²) in [6.45, 7) is 14.4. The maximum atomic E-state index is 14.4. The number of carbonyl (C=O) groups is 2. The summed E-state index contributed by atoms with van der Waals surface area (Å²) in [6, 6.07) is 27.6. The Bertz CT molecular complexity index is 3680. The summed E-state index contributed by atoms with van der Waals surface area (Å²) in [7, 11) is 0. The van der Waals surface area contributed by atoms with Crippen LogP contribution < -0.4 is 11.1 Å². The number of carbonyl (C=O) groups excluding carboxylic acids is 1. The Morgan fingerprint density at radius 1 is 0.652 bits per heavy atom. The fourth-order valence-corrected chi connectivity index (χ4v) is 7.82. The summed E-state index contributed by atoms with van der Waals surface area (Å²) in [4.78, 5) is 53.4. The zero-order valence-corrected chi connectivity index (χ0v) is 37.6. The van der Waals surface area contributed by atoms with Crippen LogP contribution in [0, 0.1) is 24.8 Å². The zero-order valence-electron chi connectivity index (χ0n) is 36.1. The summed E-state index contributed by atoms with van der Waals surface area (Å²) < 4.78 is 27.6. The second-order valence-corrected chi connectivity index (χ2v) is 16.3. The van der Waals surface area contributed by atoms with Gasteiger partial charge in [0.25, 0.3) is 5.91 Å². The molecule has 0 atom stereocenters. The fraction of sp³-hybridized carbons (Fsp3) is 0.0769. The highest BCUT2D eigenvalue weighted by Crippen LogP contribution is 2.28. The van der Waals surface area contributed by atoms with Gasteiger partial charge in [-0.1, -0.05) is 47.5 Å². The van der Waals surface area contributed by atoms with Crippen LogP contribution in [0.4, 0.5) is 20.2 Å². The predicted molar refractivity (Wildman–Crippen MR) is 263 cm³/mol. The van der Waals surface area contributed by atoms with Gasteiger partial charge in [-0.2, -0.15) is 0 Å². The number of nitrogens with two attached hydrogens (primary N) is 1. The Morgan fingerprint density at radius 2 is 1.14 bits per heavy atom. The largest absolute Gasteiger partial charge is 0.478 e. The number of pyridine rings is 4. The van der Waals surface area contributed by atoms with Crippen LogP contribution in [0.5, 0.6) is 0 Å². The van der Waals surface area contributed by atoms with Gasteiger partial charge >= 0.3 is 5.97 Å². The molecule has 0 saturated heterocycles. The SMILES string of the molecule is NCc1cc2c(Cl)c[nH]c2cc1F.[C-]#[N+]c1cnc2ccc(Cc3cc(C(=O)NCc4cc5c(Cl)c[nH]c5cc4F)ccn3)cc2c1.[C-]#[N+]c1cnc2ccc(Cc3cc(C(=O)O)ccn3)cc2c1. The average molecular weight is 958 g/mol. The Balaban J connectivity index is 0.000000156. The van der Waals surface area contributed by atoms with E-state index in [1.54, 1.807) is 73.4 Å². The first kappa shape index (κ1) is 46.9. The van der Waals surface area contributed by atoms with E-state index in [1.165, 1.54) is 24.4 Å². The second-order valence-electron chi connectivity index (χ2n) is 15.5. The number of fused-ring (bicyclic) bond motifs is 4. The van der Waals surface area contributed by atoms with Gasteiger partial charge in [0.05, 0.1) is 39.8 Å². The molecule has 69 heavy (non-hydrogen) atoms. The molecule has 0 aliphatic carbocycles. The first-order chi connectivity index (χ1) is 33.4. The minimum Gasteiger partial charge on any atom is -0.478 e. The standard InChI is InChI=1S/C26H17ClFN5O.C17H11N3O2.C9H8ClFN2/c1-29-20-9-17-6-15(2-3-24(17)31-13-20)7-19-8-16(4-5-30-19)26(34)33-12-18-10-21-22(27)14-32-25(21)11-23(18)28;1-18-15-9-13-6-11(2-3-16(13)20-10-15)7-14-8-12(17(21)22)4-5-19-14;10-7-4-13-9-2-8(11)5(3-12)1-6(7)9/h2-6,8-11,13-14,32H,7,12H2,(H,33,34);2-6,8-10H,7H2,(H,21,22);1-2,4,13H,3,12H2. The van der Waals surface area contributed by atoms with Crippen molar-refractivity contribution in [1.82, 2.24) is 35.2 Å². The molecule has 1 amide bonds. The van der Waals surface area contributed by atoms with Crippen LogP contribution in [0.25, 0.3) is 53.3 Å². The molecule has 0 saturated carbocycles. The summed E-state index contributed by atoms with van der Waals surface area (Å²) >= 11 is 12.0. The van der Waals surface area contributed by atoms with Crippen LogP contribution in [-0.4, -0.2) is 46.9 Å². The number of aromatic nitrogens is 6. The first-order valence-corrected chi connectivity index (χ1v) is 21.7. The van der Waals surface area contributed by atoms with Crippen molar-refractivity contribution >= 4 is 90.1 Å². The zero-order chi connectivity index (χ0) is 48.6. The Labute approximate surface area is 402 Å². The maximum Gasteiger partial charge on any atom is 0.335 e. The average Bonchev–Trinajstić information content (AvgIpc) is 3.91. The molecule has 340 valence electrons. The van der Waals surface area contributed by atoms with Crippen LogP contribution in [0.2, 0.25) is 10.0 Å². The van der Waals surface area contributed by atoms with Crippen molar-refractivity contribution in [2.45, 2.75) is 25.9 Å². The molecular formula is C52H36Cl2F2N10O3. The number of hydrogen-bond acceptors (Lipinski definition) is 7. The number of aromatic carboxylic acids is 1. The molecule has 0 fully saturated rings. The topological polar surface area (TPSA) is 184 Å². The van der Waals surface area contributed by atoms with E-state index in [9.17, 15) is 18.4 Å². The molecule has 6 heterocycles. The number of H-pyrrole nitrogens is 2. The van der Waals surface area contributed by atoms with E-state index in [2.05, 4.69) is 44.9 Å². The summed E-state index contributed by atoms with van der Waals surface area (Å²) in [5.41, 5.74) is 14.1. The van der Waals surface area contributed by atoms with Crippen molar-refractivity contribution < 1.29 is 23.5 Å². The van der Waals surface area contributed by atoms with Gasteiger partial charge < -0.3 is 26.1 Å². The Kier molecular flexibility index (Phi) is 14.2. The number of nitrogens with zero attached hydrogens (tertiary/aromatic N) is 6. The van der Waals surface area contributed by atoms with E-state index in [1.807, 2.05) is 36.4 Å². The molecule has 0 aliphatic rings. The van der Waals surface area contributed by atoms with Crippen molar-refractivity contribution in [2.75, 3.05) is 0 Å². The van der Waals surface area contributed by atoms with Gasteiger partial charge in [0.2, 0.25) is 11.4 Å². The van der Waals surface area contributed by atoms with Gasteiger partial charge in [-0.05, 0) is 94.7 Å². The quantitative estimate of drug-likeness (QED) is 0.0885. The molecule has 0 unspecified atom stereocenters. The molecule has 10 rings (SSSR count). The minimum atomic E-state index is -0.965. The lowest BCUT2D eigenvalue weighted by atomic mass is 10.0. The number of aromatic amines is 2. The van der Waals surface area contributed by atoms with E-state index >= 15 is 0 Å². The minimum absolute atomic E-state index is 0.0286. The van der Waals surface area contributed by atoms with Crippen LogP contribution in [0.15, 0.2) is 134 Å². The smallest absolute Gasteiger partial charge is 0.335 e. The summed E-state index contributed by atoms with van der Waals surface area (Å²) in [6.07, 6.45) is 10.4. The van der Waals surface area contributed by atoms with Crippen LogP contribution >= 0.6 is 23.2 Å². The number of carboxylic acids is 1. The highest BCUT2D eigenvalue weighted by atomic mass is 35.5. The molecule has 0 bridgehead atoms. The van der Waals surface area contributed by atoms with Crippen molar-refractivity contribution in [3.63, 3.8) is 0 Å². The summed E-state index contributed by atoms with van der Waals surface area (Å²) in [5, 5.41) is 16.1. The number of carboxylic acid groups (broad SMARTS) is 1. The van der Waals surface area contributed by atoms with Gasteiger partial charge in [-0.25, -0.2) is 23.3 Å². The normalized spacial score (nSPS) is 10.8. The number of amides is 1. The molecule has 0 aliphatic heterocycles.